The van der Waals surface area contributed by atoms with Crippen molar-refractivity contribution in [3.63, 3.8) is 0 Å². The molecule has 0 radical (unpaired) electrons. The average molecular weight is 449 g/mol. The fourth-order valence-corrected chi connectivity index (χ4v) is 5.12. The summed E-state index contributed by atoms with van der Waals surface area (Å²) >= 11 is 0. The number of pyridine rings is 1. The molecule has 31 heavy (non-hydrogen) atoms. The van der Waals surface area contributed by atoms with Crippen LogP contribution in [0.15, 0.2) is 41.4 Å². The van der Waals surface area contributed by atoms with E-state index in [0.717, 1.165) is 25.7 Å². The van der Waals surface area contributed by atoms with Gasteiger partial charge in [-0.15, -0.1) is 0 Å². The Kier molecular flexibility index (Phi) is 7.18. The Morgan fingerprint density at radius 3 is 2.61 bits per heavy atom. The van der Waals surface area contributed by atoms with Gasteiger partial charge in [-0.2, -0.15) is 4.31 Å². The van der Waals surface area contributed by atoms with Crippen molar-refractivity contribution in [3.8, 4) is 5.75 Å². The molecule has 166 valence electrons. The predicted molar refractivity (Wildman–Crippen MR) is 113 cm³/mol. The lowest BCUT2D eigenvalue weighted by atomic mass is 10.2. The second-order valence-electron chi connectivity index (χ2n) is 7.22. The Labute approximate surface area is 180 Å². The number of aryl methyl sites for hydroxylation is 1. The van der Waals surface area contributed by atoms with Crippen LogP contribution in [0.25, 0.3) is 0 Å². The van der Waals surface area contributed by atoms with Crippen molar-refractivity contribution in [2.75, 3.05) is 25.0 Å². The summed E-state index contributed by atoms with van der Waals surface area (Å²) in [5.74, 6) is -1.20. The number of hydrogen-bond acceptors (Lipinski definition) is 7. The highest BCUT2D eigenvalue weighted by Crippen LogP contribution is 2.26. The normalized spacial score (nSPS) is 15.1. The summed E-state index contributed by atoms with van der Waals surface area (Å²) < 4.78 is 33.0. The van der Waals surface area contributed by atoms with E-state index < -0.39 is 33.3 Å². The van der Waals surface area contributed by atoms with E-state index in [-0.39, 0.29) is 10.6 Å². The molecule has 1 aromatic heterocycles. The third-order valence-electron chi connectivity index (χ3n) is 4.94. The van der Waals surface area contributed by atoms with Gasteiger partial charge in [-0.3, -0.25) is 4.79 Å². The number of carbonyl (C=O) groups excluding carboxylic acids is 1. The van der Waals surface area contributed by atoms with Crippen LogP contribution in [0, 0.1) is 17.0 Å². The van der Waals surface area contributed by atoms with Gasteiger partial charge in [0.15, 0.2) is 6.61 Å². The first-order valence-electron chi connectivity index (χ1n) is 9.92. The molecule has 1 aliphatic heterocycles. The first-order valence-corrected chi connectivity index (χ1v) is 11.4. The SMILES string of the molecule is Cc1ccc(NC(=O)COc2cccnc2[N+](=O)[O-])cc1S(=O)(=O)N1CCCCCC1. The van der Waals surface area contributed by atoms with Crippen molar-refractivity contribution in [2.45, 2.75) is 37.5 Å². The highest BCUT2D eigenvalue weighted by molar-refractivity contribution is 7.89. The molecule has 0 spiro atoms. The molecule has 3 rings (SSSR count). The topological polar surface area (TPSA) is 132 Å². The van der Waals surface area contributed by atoms with Gasteiger partial charge in [-0.25, -0.2) is 8.42 Å². The molecule has 1 fully saturated rings. The number of amides is 1. The molecule has 0 atom stereocenters. The van der Waals surface area contributed by atoms with Crippen LogP contribution in [-0.2, 0) is 14.8 Å². The number of rotatable bonds is 7. The van der Waals surface area contributed by atoms with Gasteiger partial charge in [0, 0.05) is 18.8 Å². The van der Waals surface area contributed by atoms with E-state index in [2.05, 4.69) is 10.3 Å². The van der Waals surface area contributed by atoms with E-state index in [0.29, 0.717) is 24.3 Å². The van der Waals surface area contributed by atoms with Crippen LogP contribution in [-0.4, -0.2) is 48.2 Å². The minimum Gasteiger partial charge on any atom is -0.476 e. The first-order chi connectivity index (χ1) is 14.8. The molecule has 0 unspecified atom stereocenters. The number of sulfonamides is 1. The molecule has 2 aromatic rings. The molecule has 1 amide bonds. The highest BCUT2D eigenvalue weighted by Gasteiger charge is 2.27. The second-order valence-corrected chi connectivity index (χ2v) is 9.12. The summed E-state index contributed by atoms with van der Waals surface area (Å²) in [6.45, 7) is 2.18. The number of ether oxygens (including phenoxy) is 1. The minimum absolute atomic E-state index is 0.129. The van der Waals surface area contributed by atoms with E-state index in [1.807, 2.05) is 0 Å². The van der Waals surface area contributed by atoms with Gasteiger partial charge in [0.05, 0.1) is 4.90 Å². The zero-order valence-electron chi connectivity index (χ0n) is 17.1. The van der Waals surface area contributed by atoms with Gasteiger partial charge in [-0.1, -0.05) is 18.9 Å². The van der Waals surface area contributed by atoms with Crippen molar-refractivity contribution in [1.29, 1.82) is 0 Å². The maximum Gasteiger partial charge on any atom is 0.406 e. The summed E-state index contributed by atoms with van der Waals surface area (Å²) in [6, 6.07) is 7.46. The molecule has 11 heteroatoms. The van der Waals surface area contributed by atoms with Gasteiger partial charge < -0.3 is 20.2 Å². The third kappa shape index (κ3) is 5.56. The average Bonchev–Trinajstić information content (AvgIpc) is 3.04. The molecule has 0 saturated carbocycles. The van der Waals surface area contributed by atoms with E-state index >= 15 is 0 Å². The van der Waals surface area contributed by atoms with Gasteiger partial charge in [0.25, 0.3) is 5.91 Å². The fraction of sp³-hybridized carbons (Fsp3) is 0.400. The molecule has 0 bridgehead atoms. The molecular weight excluding hydrogens is 424 g/mol. The number of nitro groups is 1. The zero-order valence-corrected chi connectivity index (χ0v) is 17.9. The lowest BCUT2D eigenvalue weighted by Gasteiger charge is -2.21. The van der Waals surface area contributed by atoms with Crippen LogP contribution < -0.4 is 10.1 Å². The van der Waals surface area contributed by atoms with E-state index in [1.54, 1.807) is 19.1 Å². The summed E-state index contributed by atoms with van der Waals surface area (Å²) in [6.07, 6.45) is 4.93. The van der Waals surface area contributed by atoms with Crippen LogP contribution in [0.5, 0.6) is 5.75 Å². The van der Waals surface area contributed by atoms with E-state index in [1.165, 1.54) is 28.7 Å². The summed E-state index contributed by atoms with van der Waals surface area (Å²) in [5.41, 5.74) is 0.887. The van der Waals surface area contributed by atoms with Crippen LogP contribution in [0.4, 0.5) is 11.5 Å². The van der Waals surface area contributed by atoms with Crippen molar-refractivity contribution < 1.29 is 22.9 Å². The molecule has 10 nitrogen and oxygen atoms in total. The summed E-state index contributed by atoms with van der Waals surface area (Å²) in [4.78, 5) is 26.3. The Hall–Kier alpha value is -3.05. The number of anilines is 1. The number of nitrogens with zero attached hydrogens (tertiary/aromatic N) is 3. The summed E-state index contributed by atoms with van der Waals surface area (Å²) in [5, 5.41) is 13.6. The number of aromatic nitrogens is 1. The number of hydrogen-bond donors (Lipinski definition) is 1. The maximum atomic E-state index is 13.1. The molecule has 2 heterocycles. The molecule has 1 aliphatic rings. The molecule has 1 aromatic carbocycles. The molecule has 1 N–H and O–H groups in total. The van der Waals surface area contributed by atoms with Gasteiger partial charge >= 0.3 is 5.82 Å². The second kappa shape index (κ2) is 9.84. The van der Waals surface area contributed by atoms with Gasteiger partial charge in [-0.05, 0) is 59.5 Å². The van der Waals surface area contributed by atoms with Crippen molar-refractivity contribution in [1.82, 2.24) is 9.29 Å². The fourth-order valence-electron chi connectivity index (χ4n) is 3.35. The highest BCUT2D eigenvalue weighted by atomic mass is 32.2. The standard InChI is InChI=1S/C20H24N4O6S/c1-15-8-9-16(13-18(15)31(28,29)23-11-4-2-3-5-12-23)22-19(25)14-30-17-7-6-10-21-20(17)24(26)27/h6-10,13H,2-5,11-12,14H2,1H3,(H,22,25). The lowest BCUT2D eigenvalue weighted by Crippen LogP contribution is -2.32. The van der Waals surface area contributed by atoms with E-state index in [9.17, 15) is 23.3 Å². The maximum absolute atomic E-state index is 13.1. The van der Waals surface area contributed by atoms with Crippen molar-refractivity contribution in [2.24, 2.45) is 0 Å². The van der Waals surface area contributed by atoms with Crippen molar-refractivity contribution >= 4 is 27.4 Å². The number of carbonyl (C=O) groups is 1. The zero-order chi connectivity index (χ0) is 22.4. The predicted octanol–water partition coefficient (Wildman–Crippen LogP) is 2.88. The largest absolute Gasteiger partial charge is 0.476 e. The Morgan fingerprint density at radius 1 is 1.23 bits per heavy atom. The molecule has 0 aliphatic carbocycles. The number of benzene rings is 1. The van der Waals surface area contributed by atoms with Crippen LogP contribution in [0.2, 0.25) is 0 Å². The van der Waals surface area contributed by atoms with Crippen molar-refractivity contribution in [3.05, 3.63) is 52.2 Å². The van der Waals surface area contributed by atoms with Gasteiger partial charge in [0.2, 0.25) is 15.8 Å². The molecular formula is C20H24N4O6S. The lowest BCUT2D eigenvalue weighted by molar-refractivity contribution is -0.390. The van der Waals surface area contributed by atoms with Crippen LogP contribution in [0.3, 0.4) is 0 Å². The summed E-state index contributed by atoms with van der Waals surface area (Å²) in [7, 11) is -3.68. The smallest absolute Gasteiger partial charge is 0.406 e. The third-order valence-corrected chi connectivity index (χ3v) is 6.98. The quantitative estimate of drug-likeness (QED) is 0.509. The minimum atomic E-state index is -3.68. The van der Waals surface area contributed by atoms with Crippen LogP contribution >= 0.6 is 0 Å². The number of nitrogens with one attached hydrogen (secondary N) is 1. The van der Waals surface area contributed by atoms with Gasteiger partial charge in [0.1, 0.15) is 6.20 Å². The Morgan fingerprint density at radius 2 is 1.94 bits per heavy atom. The molecule has 1 saturated heterocycles. The monoisotopic (exact) mass is 448 g/mol. The Bertz CT molecular complexity index is 1070. The first kappa shape index (κ1) is 22.6. The van der Waals surface area contributed by atoms with E-state index in [4.69, 9.17) is 4.74 Å². The van der Waals surface area contributed by atoms with Crippen LogP contribution in [0.1, 0.15) is 31.2 Å². The Balaban J connectivity index is 1.71.